The Morgan fingerprint density at radius 1 is 0.397 bits per heavy atom. The number of hydrogen-bond donors (Lipinski definition) is 0. The van der Waals surface area contributed by atoms with E-state index in [0.717, 1.165) is 44.9 Å². The Balaban J connectivity index is 1.10. The monoisotopic (exact) mass is 741 g/mol. The van der Waals surface area contributed by atoms with Crippen LogP contribution in [0.2, 0.25) is 0 Å². The highest BCUT2D eigenvalue weighted by Crippen LogP contribution is 2.52. The van der Waals surface area contributed by atoms with Gasteiger partial charge in [-0.3, -0.25) is 0 Å². The maximum absolute atomic E-state index is 5.17. The Morgan fingerprint density at radius 2 is 0.948 bits per heavy atom. The minimum absolute atomic E-state index is 0.111. The molecular weight excluding hydrogens is 703 g/mol. The first-order valence-electron chi connectivity index (χ1n) is 20.0. The van der Waals surface area contributed by atoms with Gasteiger partial charge in [-0.2, -0.15) is 0 Å². The summed E-state index contributed by atoms with van der Waals surface area (Å²) in [6.45, 7) is 4.74. The van der Waals surface area contributed by atoms with Crippen molar-refractivity contribution in [2.75, 3.05) is 0 Å². The highest BCUT2D eigenvalue weighted by atomic mass is 15.0. The van der Waals surface area contributed by atoms with Crippen LogP contribution in [0.15, 0.2) is 200 Å². The van der Waals surface area contributed by atoms with Gasteiger partial charge in [0, 0.05) is 44.1 Å². The van der Waals surface area contributed by atoms with Crippen LogP contribution < -0.4 is 0 Å². The zero-order valence-corrected chi connectivity index (χ0v) is 32.4. The van der Waals surface area contributed by atoms with Gasteiger partial charge in [-0.25, -0.2) is 9.97 Å². The van der Waals surface area contributed by atoms with Crippen LogP contribution in [0.5, 0.6) is 0 Å². The summed E-state index contributed by atoms with van der Waals surface area (Å²) in [7, 11) is 0. The predicted molar refractivity (Wildman–Crippen MR) is 241 cm³/mol. The molecule has 0 spiro atoms. The molecule has 1 aliphatic rings. The summed E-state index contributed by atoms with van der Waals surface area (Å²) in [4.78, 5) is 10.3. The average Bonchev–Trinajstić information content (AvgIpc) is 3.75. The molecule has 10 aromatic rings. The van der Waals surface area contributed by atoms with Crippen LogP contribution in [0.1, 0.15) is 25.0 Å². The maximum Gasteiger partial charge on any atom is 0.160 e. The molecule has 0 amide bonds. The maximum atomic E-state index is 5.17. The SMILES string of the molecule is CC1(C)c2ccccc2-c2cccc(-c3ccc4c(c3)c3cccc(-c5cccc(-c6nc(-c7ccccc7)cc(-c7ccccc7)n6)c5)c3n4-c3ccccc3)c21. The number of para-hydroxylation sites is 2. The molecule has 0 N–H and O–H groups in total. The minimum atomic E-state index is -0.111. The molecule has 0 bridgehead atoms. The van der Waals surface area contributed by atoms with E-state index in [0.29, 0.717) is 5.82 Å². The lowest BCUT2D eigenvalue weighted by molar-refractivity contribution is 0.662. The second kappa shape index (κ2) is 13.4. The van der Waals surface area contributed by atoms with Gasteiger partial charge in [0.05, 0.1) is 22.4 Å². The van der Waals surface area contributed by atoms with Gasteiger partial charge in [-0.15, -0.1) is 0 Å². The van der Waals surface area contributed by atoms with Crippen molar-refractivity contribution >= 4 is 21.8 Å². The van der Waals surface area contributed by atoms with Crippen molar-refractivity contribution in [3.05, 3.63) is 211 Å². The smallest absolute Gasteiger partial charge is 0.160 e. The van der Waals surface area contributed by atoms with E-state index in [1.807, 2.05) is 12.1 Å². The van der Waals surface area contributed by atoms with Crippen LogP contribution in [-0.4, -0.2) is 14.5 Å². The zero-order valence-electron chi connectivity index (χ0n) is 32.4. The van der Waals surface area contributed by atoms with Gasteiger partial charge in [0.2, 0.25) is 0 Å². The number of rotatable bonds is 6. The lowest BCUT2D eigenvalue weighted by Crippen LogP contribution is -2.16. The number of hydrogen-bond acceptors (Lipinski definition) is 2. The van der Waals surface area contributed by atoms with E-state index in [-0.39, 0.29) is 5.41 Å². The van der Waals surface area contributed by atoms with E-state index in [1.54, 1.807) is 0 Å². The summed E-state index contributed by atoms with van der Waals surface area (Å²) in [6.07, 6.45) is 0. The Bertz CT molecular complexity index is 3120. The van der Waals surface area contributed by atoms with Crippen molar-refractivity contribution < 1.29 is 0 Å². The molecule has 0 fully saturated rings. The average molecular weight is 742 g/mol. The van der Waals surface area contributed by atoms with Crippen molar-refractivity contribution in [3.63, 3.8) is 0 Å². The number of fused-ring (bicyclic) bond motifs is 6. The summed E-state index contributed by atoms with van der Waals surface area (Å²) >= 11 is 0. The third-order valence-corrected chi connectivity index (χ3v) is 12.0. The molecule has 58 heavy (non-hydrogen) atoms. The van der Waals surface area contributed by atoms with Crippen LogP contribution in [0.3, 0.4) is 0 Å². The van der Waals surface area contributed by atoms with E-state index in [2.05, 4.69) is 206 Å². The number of nitrogens with zero attached hydrogens (tertiary/aromatic N) is 3. The highest BCUT2D eigenvalue weighted by molar-refractivity contribution is 6.15. The molecule has 0 saturated carbocycles. The molecule has 3 nitrogen and oxygen atoms in total. The minimum Gasteiger partial charge on any atom is -0.309 e. The van der Waals surface area contributed by atoms with Gasteiger partial charge in [0.15, 0.2) is 5.82 Å². The van der Waals surface area contributed by atoms with Crippen molar-refractivity contribution in [1.29, 1.82) is 0 Å². The summed E-state index contributed by atoms with van der Waals surface area (Å²) < 4.78 is 2.44. The van der Waals surface area contributed by atoms with E-state index in [4.69, 9.17) is 9.97 Å². The van der Waals surface area contributed by atoms with Gasteiger partial charge in [0.1, 0.15) is 0 Å². The van der Waals surface area contributed by atoms with Crippen LogP contribution in [0.4, 0.5) is 0 Å². The topological polar surface area (TPSA) is 30.7 Å². The van der Waals surface area contributed by atoms with Gasteiger partial charge in [-0.1, -0.05) is 178 Å². The summed E-state index contributed by atoms with van der Waals surface area (Å²) in [5.41, 5.74) is 18.5. The quantitative estimate of drug-likeness (QED) is 0.170. The zero-order chi connectivity index (χ0) is 38.8. The Hall–Kier alpha value is -7.36. The van der Waals surface area contributed by atoms with E-state index in [9.17, 15) is 0 Å². The normalized spacial score (nSPS) is 12.8. The molecule has 8 aromatic carbocycles. The molecule has 274 valence electrons. The lowest BCUT2D eigenvalue weighted by Gasteiger charge is -2.24. The third kappa shape index (κ3) is 5.43. The van der Waals surface area contributed by atoms with Gasteiger partial charge in [-0.05, 0) is 75.3 Å². The fourth-order valence-electron chi connectivity index (χ4n) is 9.32. The van der Waals surface area contributed by atoms with E-state index in [1.165, 1.54) is 55.2 Å². The molecule has 2 heterocycles. The van der Waals surface area contributed by atoms with Gasteiger partial charge >= 0.3 is 0 Å². The summed E-state index contributed by atoms with van der Waals surface area (Å²) in [5.74, 6) is 0.697. The number of benzene rings is 8. The van der Waals surface area contributed by atoms with Gasteiger partial charge < -0.3 is 4.57 Å². The van der Waals surface area contributed by atoms with Crippen LogP contribution >= 0.6 is 0 Å². The second-order valence-corrected chi connectivity index (χ2v) is 15.8. The van der Waals surface area contributed by atoms with Crippen LogP contribution in [-0.2, 0) is 5.41 Å². The molecule has 0 atom stereocenters. The van der Waals surface area contributed by atoms with E-state index < -0.39 is 0 Å². The fourth-order valence-corrected chi connectivity index (χ4v) is 9.32. The standard InChI is InChI=1S/C55H39N3/c1-55(2)48-30-13-12-25-44(48)45-28-15-26-42(52(45)55)39-31-32-51-47(34-39)46-29-16-27-43(53(46)58(51)41-23-10-5-11-24-41)38-21-14-22-40(33-38)54-56-49(36-17-6-3-7-18-36)35-50(57-54)37-19-8-4-9-20-37/h3-35H,1-2H3. The molecule has 0 unspecified atom stereocenters. The third-order valence-electron chi connectivity index (χ3n) is 12.0. The molecule has 2 aromatic heterocycles. The van der Waals surface area contributed by atoms with Crippen molar-refractivity contribution in [2.45, 2.75) is 19.3 Å². The molecule has 0 saturated heterocycles. The largest absolute Gasteiger partial charge is 0.309 e. The molecule has 1 aliphatic carbocycles. The Kier molecular flexibility index (Phi) is 7.84. The summed E-state index contributed by atoms with van der Waals surface area (Å²) in [5, 5.41) is 2.44. The Labute approximate surface area is 338 Å². The fraction of sp³-hybridized carbons (Fsp3) is 0.0545. The molecule has 0 aliphatic heterocycles. The molecule has 0 radical (unpaired) electrons. The highest BCUT2D eigenvalue weighted by Gasteiger charge is 2.37. The molecule has 11 rings (SSSR count). The number of aromatic nitrogens is 3. The molecular formula is C55H39N3. The predicted octanol–water partition coefficient (Wildman–Crippen LogP) is 14.2. The molecule has 3 heteroatoms. The first kappa shape index (κ1) is 33.9. The summed E-state index contributed by atoms with van der Waals surface area (Å²) in [6, 6.07) is 71.8. The first-order chi connectivity index (χ1) is 28.5. The van der Waals surface area contributed by atoms with Crippen LogP contribution in [0.25, 0.3) is 94.8 Å². The van der Waals surface area contributed by atoms with Crippen molar-refractivity contribution in [3.8, 4) is 73.0 Å². The van der Waals surface area contributed by atoms with E-state index >= 15 is 0 Å². The van der Waals surface area contributed by atoms with Crippen LogP contribution in [0, 0.1) is 0 Å². The Morgan fingerprint density at radius 3 is 1.69 bits per heavy atom. The van der Waals surface area contributed by atoms with Crippen molar-refractivity contribution in [2.24, 2.45) is 0 Å². The lowest BCUT2D eigenvalue weighted by atomic mass is 9.79. The second-order valence-electron chi connectivity index (χ2n) is 15.8. The van der Waals surface area contributed by atoms with Gasteiger partial charge in [0.25, 0.3) is 0 Å². The van der Waals surface area contributed by atoms with Crippen molar-refractivity contribution in [1.82, 2.24) is 14.5 Å². The first-order valence-corrected chi connectivity index (χ1v) is 20.0.